The highest BCUT2D eigenvalue weighted by Gasteiger charge is 2.40. The Morgan fingerprint density at radius 3 is 2.40 bits per heavy atom. The van der Waals surface area contributed by atoms with Crippen molar-refractivity contribution >= 4 is 34.5 Å². The van der Waals surface area contributed by atoms with Gasteiger partial charge in [0.2, 0.25) is 23.6 Å². The van der Waals surface area contributed by atoms with E-state index in [1.165, 1.54) is 4.90 Å². The van der Waals surface area contributed by atoms with Gasteiger partial charge in [0.05, 0.1) is 6.61 Å². The van der Waals surface area contributed by atoms with Crippen LogP contribution in [0.15, 0.2) is 30.5 Å². The van der Waals surface area contributed by atoms with E-state index in [-0.39, 0.29) is 18.2 Å². The van der Waals surface area contributed by atoms with Crippen LogP contribution >= 0.6 is 0 Å². The molecule has 10 heteroatoms. The predicted octanol–water partition coefficient (Wildman–Crippen LogP) is 0.208. The fourth-order valence-electron chi connectivity index (χ4n) is 4.93. The van der Waals surface area contributed by atoms with Gasteiger partial charge in [0.1, 0.15) is 24.2 Å². The Kier molecular flexibility index (Phi) is 7.39. The third-order valence-electron chi connectivity index (χ3n) is 6.71. The molecule has 0 bridgehead atoms. The van der Waals surface area contributed by atoms with Gasteiger partial charge in [0.25, 0.3) is 0 Å². The lowest BCUT2D eigenvalue weighted by atomic mass is 9.99. The molecule has 4 rings (SSSR count). The number of hydrogen-bond donors (Lipinski definition) is 5. The largest absolute Gasteiger partial charge is 0.394 e. The molecule has 0 radical (unpaired) electrons. The normalized spacial score (nSPS) is 26.1. The first kappa shape index (κ1) is 24.7. The Bertz CT molecular complexity index is 1110. The molecule has 2 aliphatic rings. The molecule has 188 valence electrons. The Morgan fingerprint density at radius 2 is 1.66 bits per heavy atom. The summed E-state index contributed by atoms with van der Waals surface area (Å²) in [5.74, 6) is -1.80. The summed E-state index contributed by atoms with van der Waals surface area (Å²) in [6.45, 7) is 3.69. The second kappa shape index (κ2) is 10.5. The molecule has 4 atom stereocenters. The minimum absolute atomic E-state index is 0.118. The molecule has 5 N–H and O–H groups in total. The number of carbonyl (C=O) groups excluding carboxylic acids is 4. The minimum atomic E-state index is -1.23. The molecule has 4 amide bonds. The van der Waals surface area contributed by atoms with Gasteiger partial charge in [-0.1, -0.05) is 32.0 Å². The second-order valence-electron chi connectivity index (χ2n) is 9.75. The standard InChI is InChI=1S/C25H33N5O5/c1-14(2)10-19-25(35)30-9-5-8-21(30)24(34)29-20(13-31)23(33)27-18(22(32)28-19)11-15-12-26-17-7-4-3-6-16(15)17/h3-4,6-7,12,14,18-21,26,31H,5,8-11,13H2,1-2H3,(H,27,33)(H,28,32)(H,29,34)/t18-,19-,20-,21+/m0/s1. The van der Waals surface area contributed by atoms with Gasteiger partial charge in [-0.25, -0.2) is 0 Å². The number of nitrogens with zero attached hydrogens (tertiary/aromatic N) is 1. The molecule has 2 aromatic rings. The number of aromatic nitrogens is 1. The van der Waals surface area contributed by atoms with Gasteiger partial charge in [0, 0.05) is 30.1 Å². The summed E-state index contributed by atoms with van der Waals surface area (Å²) in [6.07, 6.45) is 3.47. The smallest absolute Gasteiger partial charge is 0.245 e. The topological polar surface area (TPSA) is 144 Å². The Hall–Kier alpha value is -3.40. The van der Waals surface area contributed by atoms with Gasteiger partial charge in [-0.15, -0.1) is 0 Å². The van der Waals surface area contributed by atoms with E-state index < -0.39 is 48.5 Å². The number of amides is 4. The molecule has 1 aromatic heterocycles. The lowest BCUT2D eigenvalue weighted by Gasteiger charge is -2.32. The predicted molar refractivity (Wildman–Crippen MR) is 129 cm³/mol. The molecule has 2 aliphatic heterocycles. The number of aromatic amines is 1. The van der Waals surface area contributed by atoms with Gasteiger partial charge in [-0.2, -0.15) is 0 Å². The molecule has 0 spiro atoms. The molecule has 0 saturated carbocycles. The van der Waals surface area contributed by atoms with Crippen molar-refractivity contribution in [1.29, 1.82) is 0 Å². The zero-order valence-electron chi connectivity index (χ0n) is 20.0. The first-order valence-electron chi connectivity index (χ1n) is 12.2. The lowest BCUT2D eigenvalue weighted by molar-refractivity contribution is -0.144. The van der Waals surface area contributed by atoms with Crippen molar-refractivity contribution in [2.75, 3.05) is 13.2 Å². The maximum absolute atomic E-state index is 13.5. The molecule has 0 aliphatic carbocycles. The highest BCUT2D eigenvalue weighted by Crippen LogP contribution is 2.22. The summed E-state index contributed by atoms with van der Waals surface area (Å²) in [4.78, 5) is 57.6. The summed E-state index contributed by atoms with van der Waals surface area (Å²) in [6, 6.07) is 3.83. The van der Waals surface area contributed by atoms with Crippen LogP contribution in [0.2, 0.25) is 0 Å². The first-order chi connectivity index (χ1) is 16.8. The SMILES string of the molecule is CC(C)C[C@@H]1NC(=O)[C@H](Cc2c[nH]c3ccccc23)NC(=O)[C@H](CO)NC(=O)[C@H]2CCCN2C1=O. The third-order valence-corrected chi connectivity index (χ3v) is 6.71. The fraction of sp³-hybridized carbons (Fsp3) is 0.520. The maximum atomic E-state index is 13.5. The van der Waals surface area contributed by atoms with Gasteiger partial charge in [0.15, 0.2) is 0 Å². The average molecular weight is 484 g/mol. The van der Waals surface area contributed by atoms with Crippen LogP contribution in [0.25, 0.3) is 10.9 Å². The summed E-state index contributed by atoms with van der Waals surface area (Å²) in [5.41, 5.74) is 1.72. The van der Waals surface area contributed by atoms with Crippen LogP contribution in [0, 0.1) is 5.92 Å². The number of H-pyrrole nitrogens is 1. The van der Waals surface area contributed by atoms with Crippen molar-refractivity contribution in [2.24, 2.45) is 5.92 Å². The summed E-state index contributed by atoms with van der Waals surface area (Å²) < 4.78 is 0. The van der Waals surface area contributed by atoms with Gasteiger partial charge in [-0.3, -0.25) is 19.2 Å². The quantitative estimate of drug-likeness (QED) is 0.413. The van der Waals surface area contributed by atoms with Gasteiger partial charge in [-0.05, 0) is 36.8 Å². The van der Waals surface area contributed by atoms with E-state index >= 15 is 0 Å². The van der Waals surface area contributed by atoms with Gasteiger partial charge < -0.3 is 30.9 Å². The van der Waals surface area contributed by atoms with Crippen molar-refractivity contribution in [3.63, 3.8) is 0 Å². The number of hydrogen-bond acceptors (Lipinski definition) is 5. The lowest BCUT2D eigenvalue weighted by Crippen LogP contribution is -2.62. The molecule has 1 aromatic carbocycles. The number of rotatable bonds is 5. The monoisotopic (exact) mass is 483 g/mol. The van der Waals surface area contributed by atoms with Crippen LogP contribution in [0.5, 0.6) is 0 Å². The Balaban J connectivity index is 1.68. The van der Waals surface area contributed by atoms with Crippen molar-refractivity contribution < 1.29 is 24.3 Å². The second-order valence-corrected chi connectivity index (χ2v) is 9.75. The van der Waals surface area contributed by atoms with E-state index in [2.05, 4.69) is 20.9 Å². The van der Waals surface area contributed by atoms with E-state index in [0.717, 1.165) is 16.5 Å². The molecule has 2 saturated heterocycles. The summed E-state index contributed by atoms with van der Waals surface area (Å²) in [5, 5.41) is 18.8. The van der Waals surface area contributed by atoms with Crippen LogP contribution in [0.3, 0.4) is 0 Å². The molecular weight excluding hydrogens is 450 g/mol. The number of benzene rings is 1. The summed E-state index contributed by atoms with van der Waals surface area (Å²) >= 11 is 0. The van der Waals surface area contributed by atoms with Crippen LogP contribution in [-0.2, 0) is 25.6 Å². The number of aliphatic hydroxyl groups excluding tert-OH is 1. The number of carbonyl (C=O) groups is 4. The van der Waals surface area contributed by atoms with Crippen molar-refractivity contribution in [1.82, 2.24) is 25.8 Å². The Labute approximate surface area is 203 Å². The van der Waals surface area contributed by atoms with E-state index in [1.54, 1.807) is 6.20 Å². The zero-order valence-corrected chi connectivity index (χ0v) is 20.0. The first-order valence-corrected chi connectivity index (χ1v) is 12.2. The van der Waals surface area contributed by atoms with Crippen molar-refractivity contribution in [3.8, 4) is 0 Å². The van der Waals surface area contributed by atoms with E-state index in [0.29, 0.717) is 25.8 Å². The molecule has 0 unspecified atom stereocenters. The van der Waals surface area contributed by atoms with Crippen LogP contribution in [0.1, 0.15) is 38.7 Å². The van der Waals surface area contributed by atoms with Crippen LogP contribution < -0.4 is 16.0 Å². The molecule has 35 heavy (non-hydrogen) atoms. The number of fused-ring (bicyclic) bond motifs is 2. The molecular formula is C25H33N5O5. The number of nitrogens with one attached hydrogen (secondary N) is 4. The number of aliphatic hydroxyl groups is 1. The van der Waals surface area contributed by atoms with Crippen molar-refractivity contribution in [2.45, 2.75) is 63.7 Å². The maximum Gasteiger partial charge on any atom is 0.245 e. The van der Waals surface area contributed by atoms with Gasteiger partial charge >= 0.3 is 0 Å². The van der Waals surface area contributed by atoms with Crippen molar-refractivity contribution in [3.05, 3.63) is 36.0 Å². The third kappa shape index (κ3) is 5.32. The molecule has 2 fully saturated rings. The number of para-hydroxylation sites is 1. The molecule has 10 nitrogen and oxygen atoms in total. The van der Waals surface area contributed by atoms with Crippen LogP contribution in [0.4, 0.5) is 0 Å². The Morgan fingerprint density at radius 1 is 0.971 bits per heavy atom. The zero-order chi connectivity index (χ0) is 25.1. The average Bonchev–Trinajstić information content (AvgIpc) is 3.48. The van der Waals surface area contributed by atoms with E-state index in [4.69, 9.17) is 0 Å². The highest BCUT2D eigenvalue weighted by atomic mass is 16.3. The minimum Gasteiger partial charge on any atom is -0.394 e. The van der Waals surface area contributed by atoms with E-state index in [1.807, 2.05) is 38.1 Å². The highest BCUT2D eigenvalue weighted by molar-refractivity contribution is 5.98. The van der Waals surface area contributed by atoms with Crippen LogP contribution in [-0.4, -0.2) is 75.9 Å². The fourth-order valence-corrected chi connectivity index (χ4v) is 4.93. The summed E-state index contributed by atoms with van der Waals surface area (Å²) in [7, 11) is 0. The van der Waals surface area contributed by atoms with E-state index in [9.17, 15) is 24.3 Å². The molecule has 3 heterocycles.